The van der Waals surface area contributed by atoms with Crippen LogP contribution in [-0.4, -0.2) is 16.2 Å². The summed E-state index contributed by atoms with van der Waals surface area (Å²) in [6.45, 7) is 6.49. The number of aromatic carboxylic acids is 1. The Bertz CT molecular complexity index is 715. The van der Waals surface area contributed by atoms with E-state index >= 15 is 0 Å². The smallest absolute Gasteiger partial charge is 0.339 e. The molecule has 0 amide bonds. The van der Waals surface area contributed by atoms with Crippen molar-refractivity contribution in [1.82, 2.24) is 0 Å². The quantitative estimate of drug-likeness (QED) is 0.806. The summed E-state index contributed by atoms with van der Waals surface area (Å²) in [5.41, 5.74) is 1.53. The highest BCUT2D eigenvalue weighted by atomic mass is 79.9. The minimum Gasteiger partial charge on any atom is -0.507 e. The third-order valence-corrected chi connectivity index (χ3v) is 3.96. The Balaban J connectivity index is 2.17. The summed E-state index contributed by atoms with van der Waals surface area (Å²) in [6.07, 6.45) is 0. The van der Waals surface area contributed by atoms with Gasteiger partial charge in [0, 0.05) is 10.0 Å². The second-order valence-electron chi connectivity index (χ2n) is 6.33. The highest BCUT2D eigenvalue weighted by Crippen LogP contribution is 2.29. The van der Waals surface area contributed by atoms with E-state index in [0.29, 0.717) is 15.8 Å². The predicted molar refractivity (Wildman–Crippen MR) is 92.2 cm³/mol. The first-order valence-electron chi connectivity index (χ1n) is 7.16. The van der Waals surface area contributed by atoms with Gasteiger partial charge in [0.25, 0.3) is 0 Å². The number of aromatic hydroxyl groups is 1. The van der Waals surface area contributed by atoms with E-state index in [2.05, 4.69) is 36.7 Å². The molecule has 23 heavy (non-hydrogen) atoms. The number of phenols is 1. The molecule has 4 nitrogen and oxygen atoms in total. The van der Waals surface area contributed by atoms with Crippen molar-refractivity contribution in [2.24, 2.45) is 0 Å². The number of carboxylic acid groups (broad SMARTS) is 1. The molecular weight excluding hydrogens is 360 g/mol. The van der Waals surface area contributed by atoms with E-state index in [1.807, 2.05) is 24.3 Å². The third kappa shape index (κ3) is 4.26. The maximum Gasteiger partial charge on any atom is 0.339 e. The molecule has 0 atom stereocenters. The van der Waals surface area contributed by atoms with Gasteiger partial charge in [-0.1, -0.05) is 48.8 Å². The first-order valence-corrected chi connectivity index (χ1v) is 7.96. The number of rotatable bonds is 4. The molecule has 0 aromatic heterocycles. The monoisotopic (exact) mass is 378 g/mol. The number of carboxylic acids is 1. The molecule has 0 bridgehead atoms. The Kier molecular flexibility index (Phi) is 5.00. The molecule has 2 N–H and O–H groups in total. The lowest BCUT2D eigenvalue weighted by Crippen LogP contribution is -2.10. The zero-order valence-electron chi connectivity index (χ0n) is 13.3. The van der Waals surface area contributed by atoms with E-state index in [-0.39, 0.29) is 23.3 Å². The molecule has 0 aliphatic carbocycles. The molecule has 0 spiro atoms. The Hall–Kier alpha value is -2.01. The summed E-state index contributed by atoms with van der Waals surface area (Å²) in [5, 5.41) is 19.1. The van der Waals surface area contributed by atoms with Gasteiger partial charge in [0.05, 0.1) is 0 Å². The molecule has 0 aliphatic heterocycles. The molecule has 0 heterocycles. The van der Waals surface area contributed by atoms with Crippen LogP contribution in [0.4, 0.5) is 0 Å². The molecule has 0 saturated carbocycles. The zero-order chi connectivity index (χ0) is 17.2. The predicted octanol–water partition coefficient (Wildman–Crippen LogP) is 4.73. The van der Waals surface area contributed by atoms with Gasteiger partial charge in [-0.15, -0.1) is 0 Å². The van der Waals surface area contributed by atoms with Gasteiger partial charge in [-0.25, -0.2) is 4.79 Å². The minimum absolute atomic E-state index is 0.0669. The maximum absolute atomic E-state index is 11.1. The van der Waals surface area contributed by atoms with E-state index in [4.69, 9.17) is 9.84 Å². The highest BCUT2D eigenvalue weighted by Gasteiger charge is 2.16. The number of carbonyl (C=O) groups is 1. The van der Waals surface area contributed by atoms with E-state index in [1.54, 1.807) is 6.07 Å². The van der Waals surface area contributed by atoms with Crippen molar-refractivity contribution in [2.45, 2.75) is 32.8 Å². The van der Waals surface area contributed by atoms with Crippen LogP contribution in [0.25, 0.3) is 0 Å². The molecule has 2 aromatic rings. The first-order chi connectivity index (χ1) is 10.7. The molecule has 0 radical (unpaired) electrons. The molecule has 2 rings (SSSR count). The van der Waals surface area contributed by atoms with Crippen molar-refractivity contribution in [3.63, 3.8) is 0 Å². The number of hydrogen-bond donors (Lipinski definition) is 2. The van der Waals surface area contributed by atoms with Gasteiger partial charge in [-0.05, 0) is 35.2 Å². The summed E-state index contributed by atoms with van der Waals surface area (Å²) in [7, 11) is 0. The second-order valence-corrected chi connectivity index (χ2v) is 7.24. The van der Waals surface area contributed by atoms with Crippen molar-refractivity contribution in [1.29, 1.82) is 0 Å². The zero-order valence-corrected chi connectivity index (χ0v) is 14.8. The normalized spacial score (nSPS) is 11.3. The van der Waals surface area contributed by atoms with Crippen molar-refractivity contribution >= 4 is 21.9 Å². The van der Waals surface area contributed by atoms with Crippen LogP contribution in [-0.2, 0) is 12.0 Å². The van der Waals surface area contributed by atoms with E-state index < -0.39 is 5.97 Å². The number of benzene rings is 2. The Morgan fingerprint density at radius 2 is 1.78 bits per heavy atom. The maximum atomic E-state index is 11.1. The van der Waals surface area contributed by atoms with Crippen LogP contribution in [0.3, 0.4) is 0 Å². The fourth-order valence-corrected chi connectivity index (χ4v) is 2.65. The van der Waals surface area contributed by atoms with Crippen LogP contribution >= 0.6 is 15.9 Å². The number of ether oxygens (including phenoxy) is 1. The van der Waals surface area contributed by atoms with Crippen molar-refractivity contribution in [3.8, 4) is 11.5 Å². The average molecular weight is 379 g/mol. The van der Waals surface area contributed by atoms with Crippen LogP contribution in [0.2, 0.25) is 0 Å². The summed E-state index contributed by atoms with van der Waals surface area (Å²) in [5.74, 6) is -0.791. The van der Waals surface area contributed by atoms with Crippen LogP contribution in [0.5, 0.6) is 11.5 Å². The number of hydrogen-bond acceptors (Lipinski definition) is 3. The molecule has 5 heteroatoms. The average Bonchev–Trinajstić information content (AvgIpc) is 2.47. The standard InChI is InChI=1S/C18H19BrO4/c1-18(2,3)12-4-6-14(7-5-12)23-10-11-8-13(19)9-15(16(11)20)17(21)22/h4-9,20H,10H2,1-3H3,(H,21,22). The number of halogens is 1. The van der Waals surface area contributed by atoms with Crippen LogP contribution in [0, 0.1) is 0 Å². The molecule has 122 valence electrons. The van der Waals surface area contributed by atoms with Crippen LogP contribution in [0.15, 0.2) is 40.9 Å². The lowest BCUT2D eigenvalue weighted by atomic mass is 9.87. The van der Waals surface area contributed by atoms with Crippen LogP contribution < -0.4 is 4.74 Å². The van der Waals surface area contributed by atoms with Gasteiger partial charge in [0.2, 0.25) is 0 Å². The van der Waals surface area contributed by atoms with Crippen LogP contribution in [0.1, 0.15) is 42.3 Å². The largest absolute Gasteiger partial charge is 0.507 e. The van der Waals surface area contributed by atoms with Crippen molar-refractivity contribution in [3.05, 3.63) is 57.6 Å². The van der Waals surface area contributed by atoms with Gasteiger partial charge >= 0.3 is 5.97 Å². The summed E-state index contributed by atoms with van der Waals surface area (Å²) in [6, 6.07) is 10.7. The lowest BCUT2D eigenvalue weighted by molar-refractivity contribution is 0.0693. The van der Waals surface area contributed by atoms with Gasteiger partial charge in [0.1, 0.15) is 23.7 Å². The Morgan fingerprint density at radius 1 is 1.17 bits per heavy atom. The Labute approximate surface area is 143 Å². The SMILES string of the molecule is CC(C)(C)c1ccc(OCc2cc(Br)cc(C(=O)O)c2O)cc1. The molecule has 0 saturated heterocycles. The molecule has 0 unspecified atom stereocenters. The molecular formula is C18H19BrO4. The van der Waals surface area contributed by atoms with Gasteiger partial charge in [-0.3, -0.25) is 0 Å². The lowest BCUT2D eigenvalue weighted by Gasteiger charge is -2.19. The van der Waals surface area contributed by atoms with E-state index in [9.17, 15) is 9.90 Å². The van der Waals surface area contributed by atoms with Gasteiger partial charge in [-0.2, -0.15) is 0 Å². The second kappa shape index (κ2) is 6.62. The van der Waals surface area contributed by atoms with Gasteiger partial charge < -0.3 is 14.9 Å². The highest BCUT2D eigenvalue weighted by molar-refractivity contribution is 9.10. The van der Waals surface area contributed by atoms with Crippen molar-refractivity contribution in [2.75, 3.05) is 0 Å². The van der Waals surface area contributed by atoms with E-state index in [1.165, 1.54) is 11.6 Å². The third-order valence-electron chi connectivity index (χ3n) is 3.50. The van der Waals surface area contributed by atoms with E-state index in [0.717, 1.165) is 0 Å². The summed E-state index contributed by atoms with van der Waals surface area (Å²) >= 11 is 3.24. The fourth-order valence-electron chi connectivity index (χ4n) is 2.14. The summed E-state index contributed by atoms with van der Waals surface area (Å²) < 4.78 is 6.23. The molecule has 0 fully saturated rings. The fraction of sp³-hybridized carbons (Fsp3) is 0.278. The first kappa shape index (κ1) is 17.3. The molecule has 2 aromatic carbocycles. The van der Waals surface area contributed by atoms with Gasteiger partial charge in [0.15, 0.2) is 0 Å². The summed E-state index contributed by atoms with van der Waals surface area (Å²) in [4.78, 5) is 11.1. The topological polar surface area (TPSA) is 66.8 Å². The Morgan fingerprint density at radius 3 is 2.30 bits per heavy atom. The van der Waals surface area contributed by atoms with Crippen molar-refractivity contribution < 1.29 is 19.7 Å². The minimum atomic E-state index is -1.18. The molecule has 0 aliphatic rings.